The van der Waals surface area contributed by atoms with E-state index in [1.807, 2.05) is 26.0 Å². The van der Waals surface area contributed by atoms with Crippen LogP contribution in [0.2, 0.25) is 0 Å². The fourth-order valence-electron chi connectivity index (χ4n) is 0.917. The van der Waals surface area contributed by atoms with Crippen LogP contribution in [0.4, 0.5) is 0 Å². The summed E-state index contributed by atoms with van der Waals surface area (Å²) < 4.78 is 0. The lowest BCUT2D eigenvalue weighted by molar-refractivity contribution is 0.873. The standard InChI is InChI=1S/C13H19N3/c1-6-7-13(9-14-5)10-16-12(4)15-8-11(2)3/h6-9,16H,2,4-5,10H2,1,3H3/b7-6-,13-9+,15-8-. The van der Waals surface area contributed by atoms with Crippen molar-refractivity contribution in [1.82, 2.24) is 5.32 Å². The summed E-state index contributed by atoms with van der Waals surface area (Å²) in [6.07, 6.45) is 7.26. The first-order valence-corrected chi connectivity index (χ1v) is 5.00. The van der Waals surface area contributed by atoms with Gasteiger partial charge in [0, 0.05) is 19.0 Å². The predicted octanol–water partition coefficient (Wildman–Crippen LogP) is 2.85. The van der Waals surface area contributed by atoms with Gasteiger partial charge in [0.2, 0.25) is 0 Å². The zero-order valence-corrected chi connectivity index (χ0v) is 10.0. The van der Waals surface area contributed by atoms with Gasteiger partial charge in [-0.25, -0.2) is 4.99 Å². The van der Waals surface area contributed by atoms with Gasteiger partial charge in [-0.3, -0.25) is 4.99 Å². The van der Waals surface area contributed by atoms with Crippen LogP contribution < -0.4 is 5.32 Å². The van der Waals surface area contributed by atoms with Gasteiger partial charge in [0.05, 0.1) is 0 Å². The largest absolute Gasteiger partial charge is 0.366 e. The van der Waals surface area contributed by atoms with Crippen molar-refractivity contribution in [1.29, 1.82) is 0 Å². The van der Waals surface area contributed by atoms with Gasteiger partial charge in [-0.05, 0) is 31.7 Å². The highest BCUT2D eigenvalue weighted by molar-refractivity contribution is 5.77. The average Bonchev–Trinajstić information content (AvgIpc) is 2.23. The lowest BCUT2D eigenvalue weighted by atomic mass is 10.2. The molecule has 0 saturated carbocycles. The van der Waals surface area contributed by atoms with Crippen molar-refractivity contribution in [3.8, 4) is 0 Å². The van der Waals surface area contributed by atoms with Gasteiger partial charge in [-0.1, -0.05) is 25.3 Å². The maximum atomic E-state index is 4.09. The highest BCUT2D eigenvalue weighted by Gasteiger charge is 1.92. The second kappa shape index (κ2) is 8.41. The van der Waals surface area contributed by atoms with Crippen LogP contribution in [0, 0.1) is 0 Å². The fourth-order valence-corrected chi connectivity index (χ4v) is 0.917. The third kappa shape index (κ3) is 7.50. The quantitative estimate of drug-likeness (QED) is 0.516. The van der Waals surface area contributed by atoms with Crippen molar-refractivity contribution in [3.05, 3.63) is 48.5 Å². The molecule has 0 saturated heterocycles. The van der Waals surface area contributed by atoms with Gasteiger partial charge in [-0.15, -0.1) is 0 Å². The third-order valence-electron chi connectivity index (χ3n) is 1.58. The van der Waals surface area contributed by atoms with Crippen LogP contribution in [-0.2, 0) is 0 Å². The lowest BCUT2D eigenvalue weighted by Gasteiger charge is -2.05. The molecule has 16 heavy (non-hydrogen) atoms. The molecule has 0 fully saturated rings. The van der Waals surface area contributed by atoms with E-state index in [4.69, 9.17) is 0 Å². The maximum Gasteiger partial charge on any atom is 0.118 e. The van der Waals surface area contributed by atoms with Crippen molar-refractivity contribution in [2.45, 2.75) is 13.8 Å². The van der Waals surface area contributed by atoms with Crippen molar-refractivity contribution in [3.63, 3.8) is 0 Å². The van der Waals surface area contributed by atoms with Crippen LogP contribution in [0.15, 0.2) is 58.5 Å². The Bertz CT molecular complexity index is 346. The van der Waals surface area contributed by atoms with E-state index in [9.17, 15) is 0 Å². The summed E-state index contributed by atoms with van der Waals surface area (Å²) in [5.74, 6) is 0.600. The summed E-state index contributed by atoms with van der Waals surface area (Å²) in [4.78, 5) is 7.81. The Morgan fingerprint density at radius 3 is 2.56 bits per heavy atom. The Morgan fingerprint density at radius 1 is 1.38 bits per heavy atom. The molecule has 0 bridgehead atoms. The van der Waals surface area contributed by atoms with E-state index in [-0.39, 0.29) is 0 Å². The number of hydrogen-bond donors (Lipinski definition) is 1. The molecule has 1 N–H and O–H groups in total. The van der Waals surface area contributed by atoms with Crippen LogP contribution in [0.1, 0.15) is 13.8 Å². The highest BCUT2D eigenvalue weighted by Crippen LogP contribution is 1.98. The Hall–Kier alpha value is -1.90. The van der Waals surface area contributed by atoms with Crippen LogP contribution >= 0.6 is 0 Å². The molecule has 3 nitrogen and oxygen atoms in total. The van der Waals surface area contributed by atoms with Crippen LogP contribution in [-0.4, -0.2) is 19.5 Å². The predicted molar refractivity (Wildman–Crippen MR) is 72.9 cm³/mol. The maximum absolute atomic E-state index is 4.09. The number of rotatable bonds is 7. The number of allylic oxidation sites excluding steroid dienone is 2. The minimum atomic E-state index is 0.600. The molecule has 86 valence electrons. The van der Waals surface area contributed by atoms with Gasteiger partial charge in [-0.2, -0.15) is 0 Å². The minimum Gasteiger partial charge on any atom is -0.366 e. The monoisotopic (exact) mass is 217 g/mol. The van der Waals surface area contributed by atoms with Gasteiger partial charge in [0.25, 0.3) is 0 Å². The summed E-state index contributed by atoms with van der Waals surface area (Å²) >= 11 is 0. The second-order valence-corrected chi connectivity index (χ2v) is 3.29. The van der Waals surface area contributed by atoms with Crippen molar-refractivity contribution >= 4 is 12.9 Å². The van der Waals surface area contributed by atoms with Crippen molar-refractivity contribution < 1.29 is 0 Å². The van der Waals surface area contributed by atoms with E-state index in [2.05, 4.69) is 35.2 Å². The fraction of sp³-hybridized carbons (Fsp3) is 0.231. The lowest BCUT2D eigenvalue weighted by Crippen LogP contribution is -2.14. The third-order valence-corrected chi connectivity index (χ3v) is 1.58. The van der Waals surface area contributed by atoms with Crippen LogP contribution in [0.5, 0.6) is 0 Å². The van der Waals surface area contributed by atoms with Crippen LogP contribution in [0.25, 0.3) is 0 Å². The average molecular weight is 217 g/mol. The van der Waals surface area contributed by atoms with Gasteiger partial charge >= 0.3 is 0 Å². The summed E-state index contributed by atoms with van der Waals surface area (Å²) in [7, 11) is 0. The van der Waals surface area contributed by atoms with Crippen molar-refractivity contribution in [2.75, 3.05) is 6.54 Å². The Balaban J connectivity index is 4.21. The molecular weight excluding hydrogens is 198 g/mol. The highest BCUT2D eigenvalue weighted by atomic mass is 15.0. The second-order valence-electron chi connectivity index (χ2n) is 3.29. The summed E-state index contributed by atoms with van der Waals surface area (Å²) in [5, 5.41) is 3.07. The molecule has 0 aromatic carbocycles. The van der Waals surface area contributed by atoms with Crippen molar-refractivity contribution in [2.24, 2.45) is 9.98 Å². The van der Waals surface area contributed by atoms with Gasteiger partial charge in [0.1, 0.15) is 5.82 Å². The molecule has 0 heterocycles. The van der Waals surface area contributed by atoms with E-state index < -0.39 is 0 Å². The number of nitrogens with zero attached hydrogens (tertiary/aromatic N) is 2. The Morgan fingerprint density at radius 2 is 2.06 bits per heavy atom. The van der Waals surface area contributed by atoms with E-state index >= 15 is 0 Å². The van der Waals surface area contributed by atoms with E-state index in [1.54, 1.807) is 12.4 Å². The molecule has 0 aliphatic rings. The number of nitrogens with one attached hydrogen (secondary N) is 1. The smallest absolute Gasteiger partial charge is 0.118 e. The molecule has 0 radical (unpaired) electrons. The summed E-state index contributed by atoms with van der Waals surface area (Å²) in [5.41, 5.74) is 1.91. The molecular formula is C13H19N3. The molecule has 0 aliphatic carbocycles. The molecule has 0 spiro atoms. The van der Waals surface area contributed by atoms with E-state index in [0.717, 1.165) is 11.1 Å². The number of aliphatic imine (C=N–C) groups is 2. The van der Waals surface area contributed by atoms with Gasteiger partial charge in [0.15, 0.2) is 0 Å². The topological polar surface area (TPSA) is 36.8 Å². The van der Waals surface area contributed by atoms with E-state index in [0.29, 0.717) is 12.4 Å². The van der Waals surface area contributed by atoms with Gasteiger partial charge < -0.3 is 5.32 Å². The molecule has 0 unspecified atom stereocenters. The zero-order chi connectivity index (χ0) is 12.4. The molecule has 0 rings (SSSR count). The van der Waals surface area contributed by atoms with Crippen LogP contribution in [0.3, 0.4) is 0 Å². The molecule has 0 aromatic heterocycles. The Labute approximate surface area is 97.7 Å². The molecule has 0 atom stereocenters. The molecule has 0 aliphatic heterocycles. The summed E-state index contributed by atoms with van der Waals surface area (Å²) in [6.45, 7) is 15.4. The first-order chi connectivity index (χ1) is 7.60. The summed E-state index contributed by atoms with van der Waals surface area (Å²) in [6, 6.07) is 0. The first-order valence-electron chi connectivity index (χ1n) is 5.00. The number of hydrogen-bond acceptors (Lipinski definition) is 3. The molecule has 0 aromatic rings. The van der Waals surface area contributed by atoms with E-state index in [1.165, 1.54) is 0 Å². The molecule has 0 amide bonds. The Kier molecular flexibility index (Phi) is 7.41. The SMILES string of the molecule is C=N/C=C(\C=C/C)CNC(=C)/N=C\C(=C)C. The minimum absolute atomic E-state index is 0.600. The normalized spacial score (nSPS) is 12.0. The first kappa shape index (κ1) is 14.1. The molecule has 3 heteroatoms. The zero-order valence-electron chi connectivity index (χ0n) is 10.0.